The summed E-state index contributed by atoms with van der Waals surface area (Å²) in [6.45, 7) is -2.65. The average Bonchev–Trinajstić information content (AvgIpc) is 0.751. The van der Waals surface area contributed by atoms with Crippen LogP contribution in [0.4, 0.5) is 0 Å². The van der Waals surface area contributed by atoms with E-state index in [4.69, 9.17) is 56.8 Å². The fourth-order valence-corrected chi connectivity index (χ4v) is 17.2. The van der Waals surface area contributed by atoms with Gasteiger partial charge in [0.15, 0.2) is 25.2 Å². The average molecular weight is 1870 g/mol. The van der Waals surface area contributed by atoms with Crippen LogP contribution < -0.4 is 10.6 Å². The Morgan fingerprint density at radius 1 is 0.403 bits per heavy atom. The van der Waals surface area contributed by atoms with Crippen molar-refractivity contribution in [2.24, 2.45) is 0 Å². The van der Waals surface area contributed by atoms with E-state index >= 15 is 0 Å². The maximum atomic E-state index is 13.8. The number of ether oxygens (including phenoxy) is 12. The molecule has 2 amide bonds. The molecule has 0 aromatic rings. The van der Waals surface area contributed by atoms with E-state index in [1.165, 1.54) is 134 Å². The molecule has 6 saturated heterocycles. The van der Waals surface area contributed by atoms with Gasteiger partial charge in [-0.15, -0.1) is 0 Å². The van der Waals surface area contributed by atoms with Crippen LogP contribution in [-0.2, 0) is 76.0 Å². The standard InChI is InChI=1S/C88H156N2O39/c1-4-6-8-10-12-14-16-18-19-20-21-22-23-24-25-26-27-29-31-33-35-37-39-41-62(103)90-52(53(98)40-38-36-34-32-30-28-17-15-13-11-9-7-5-2)50-118-82-71(111)70(110)74(60(48-95)121-82)123-84-73(113)80(129-88(86(116)117)43-55(100)65(105)78(127-88)67(107)57(102)45-92)75(61(49-96)122-84)124-81-63(89-51(3)97)76(68(108)58(46-93)119-81)125-83-72(112)79(69(109)59(47-94)120-83)128-87(85(114)115)42-54(99)64(104)77(126-87)66(106)56(101)44-91/h18-19,38,40,52-61,63-84,91-96,98-102,104-113H,4-17,20-37,39,41-50H2,1-3H3,(H,89,97)(H,90,103)(H,114,115)(H,116,117)/b19-18-,40-38+/t52-,53+,54?,55?,56+,57+,58?,59?,60?,61?,63?,64+,65+,66+,67+,68-,69-,70+,71?,72?,73?,74+,75-,76+,77?,78?,79-,80+,81-,82+,83-,84-,87-,88-/m0/s1. The number of carbonyl (C=O) groups is 4. The second kappa shape index (κ2) is 59.9. The van der Waals surface area contributed by atoms with Crippen molar-refractivity contribution in [2.45, 2.75) is 459 Å². The molecule has 6 aliphatic rings. The van der Waals surface area contributed by atoms with Crippen LogP contribution in [0.2, 0.25) is 0 Å². The van der Waals surface area contributed by atoms with Crippen LogP contribution in [-0.4, -0.2) is 395 Å². The summed E-state index contributed by atoms with van der Waals surface area (Å²) in [5.74, 6) is -12.7. The molecule has 0 aliphatic carbocycles. The molecule has 6 heterocycles. The first-order valence-corrected chi connectivity index (χ1v) is 46.9. The van der Waals surface area contributed by atoms with Crippen molar-refractivity contribution >= 4 is 23.8 Å². The molecule has 0 bridgehead atoms. The molecule has 0 radical (unpaired) electrons. The number of unbranched alkanes of at least 4 members (excludes halogenated alkanes) is 30. The van der Waals surface area contributed by atoms with Crippen LogP contribution >= 0.6 is 0 Å². The van der Waals surface area contributed by atoms with Gasteiger partial charge in [-0.1, -0.05) is 205 Å². The fraction of sp³-hybridized carbons (Fsp3) is 0.909. The second-order valence-corrected chi connectivity index (χ2v) is 35.2. The first-order valence-electron chi connectivity index (χ1n) is 46.9. The van der Waals surface area contributed by atoms with Crippen molar-refractivity contribution in [3.63, 3.8) is 0 Å². The van der Waals surface area contributed by atoms with Gasteiger partial charge in [0.25, 0.3) is 11.6 Å². The van der Waals surface area contributed by atoms with Gasteiger partial charge in [0.1, 0.15) is 146 Å². The highest BCUT2D eigenvalue weighted by atomic mass is 16.8. The Kier molecular flexibility index (Phi) is 52.8. The molecule has 129 heavy (non-hydrogen) atoms. The number of carbonyl (C=O) groups excluding carboxylic acids is 2. The van der Waals surface area contributed by atoms with Crippen molar-refractivity contribution in [1.82, 2.24) is 10.6 Å². The summed E-state index contributed by atoms with van der Waals surface area (Å²) in [7, 11) is 0. The molecule has 0 spiro atoms. The Labute approximate surface area is 754 Å². The van der Waals surface area contributed by atoms with Gasteiger partial charge in [0.2, 0.25) is 11.8 Å². The lowest BCUT2D eigenvalue weighted by molar-refractivity contribution is -0.407. The summed E-state index contributed by atoms with van der Waals surface area (Å²) in [5.41, 5.74) is 0. The predicted octanol–water partition coefficient (Wildman–Crippen LogP) is -1.26. The minimum Gasteiger partial charge on any atom is -0.477 e. The molecular formula is C88H156N2O39. The van der Waals surface area contributed by atoms with E-state index in [1.54, 1.807) is 6.08 Å². The number of hydrogen-bond acceptors (Lipinski definition) is 37. The van der Waals surface area contributed by atoms with Crippen LogP contribution in [0.1, 0.15) is 252 Å². The predicted molar refractivity (Wildman–Crippen MR) is 453 cm³/mol. The number of rotatable bonds is 64. The van der Waals surface area contributed by atoms with Crippen molar-refractivity contribution in [2.75, 3.05) is 46.2 Å². The normalized spacial score (nSPS) is 34.9. The molecule has 12 unspecified atom stereocenters. The van der Waals surface area contributed by atoms with E-state index in [0.29, 0.717) is 12.8 Å². The molecule has 41 heteroatoms. The quantitative estimate of drug-likeness (QED) is 0.0250. The number of hydrogen-bond donors (Lipinski definition) is 25. The topological polar surface area (TPSA) is 668 Å². The van der Waals surface area contributed by atoms with Crippen molar-refractivity contribution in [3.8, 4) is 0 Å². The maximum Gasteiger partial charge on any atom is 0.364 e. The summed E-state index contributed by atoms with van der Waals surface area (Å²) in [4.78, 5) is 54.1. The highest BCUT2D eigenvalue weighted by molar-refractivity contribution is 5.77. The number of carboxylic acid groups (broad SMARTS) is 2. The first kappa shape index (κ1) is 114. The van der Waals surface area contributed by atoms with Gasteiger partial charge in [-0.05, 0) is 44.9 Å². The molecular weight excluding hydrogens is 1710 g/mol. The number of allylic oxidation sites excluding steroid dienone is 3. The monoisotopic (exact) mass is 1870 g/mol. The Balaban J connectivity index is 1.20. The largest absolute Gasteiger partial charge is 0.477 e. The zero-order valence-corrected chi connectivity index (χ0v) is 75.0. The van der Waals surface area contributed by atoms with Crippen LogP contribution in [0.3, 0.4) is 0 Å². The van der Waals surface area contributed by atoms with E-state index in [1.807, 2.05) is 0 Å². The smallest absolute Gasteiger partial charge is 0.364 e. The summed E-state index contributed by atoms with van der Waals surface area (Å²) >= 11 is 0. The van der Waals surface area contributed by atoms with E-state index in [9.17, 15) is 137 Å². The lowest BCUT2D eigenvalue weighted by atomic mass is 9.90. The minimum atomic E-state index is -3.49. The van der Waals surface area contributed by atoms with Gasteiger partial charge < -0.3 is 185 Å². The third-order valence-corrected chi connectivity index (χ3v) is 24.9. The molecule has 6 fully saturated rings. The van der Waals surface area contributed by atoms with Crippen molar-refractivity contribution in [3.05, 3.63) is 24.3 Å². The van der Waals surface area contributed by atoms with Crippen molar-refractivity contribution in [1.29, 1.82) is 0 Å². The zero-order chi connectivity index (χ0) is 94.9. The molecule has 6 rings (SSSR count). The van der Waals surface area contributed by atoms with Crippen LogP contribution in [0.25, 0.3) is 0 Å². The first-order chi connectivity index (χ1) is 61.8. The van der Waals surface area contributed by atoms with Crippen LogP contribution in [0.15, 0.2) is 24.3 Å². The van der Waals surface area contributed by atoms with Gasteiger partial charge >= 0.3 is 11.9 Å². The van der Waals surface area contributed by atoms with E-state index in [2.05, 4.69) is 36.6 Å². The lowest BCUT2D eigenvalue weighted by Gasteiger charge is -2.52. The fourth-order valence-electron chi connectivity index (χ4n) is 17.2. The lowest BCUT2D eigenvalue weighted by Crippen LogP contribution is -2.72. The number of aliphatic hydroxyl groups is 21. The Bertz CT molecular complexity index is 3140. The molecule has 34 atom stereocenters. The SMILES string of the molecule is CCCCCCCC/C=C\CCCCCCCCCCCCCCCC(=O)N[C@@H](CO[C@@H]1OC(CO)[C@@H](O[C@@H]2OC(CO)[C@H](O[C@@H]3OC(CO)[C@H](O)[C@H](O[C@@H]4OC(CO)[C@H](O)[C@H](O[C@]5(C(=O)O)CC(O)[C@@H](O)C([C@H](O)[C@H](O)CO)O5)C4O)C3NC(C)=O)[C@H](O[C@]3(C(=O)O)CC(O)[C@@H](O)C([C@H](O)[C@H](O)CO)O3)C2O)[C@H](O)C1O)[C@H](O)/C=C/CCCCCCCCCCCCC. The number of carboxylic acids is 2. The van der Waals surface area contributed by atoms with Crippen molar-refractivity contribution < 1.29 is 193 Å². The van der Waals surface area contributed by atoms with Gasteiger partial charge in [-0.25, -0.2) is 9.59 Å². The number of amides is 2. The maximum absolute atomic E-state index is 13.8. The number of aliphatic carboxylic acids is 2. The molecule has 752 valence electrons. The highest BCUT2D eigenvalue weighted by Crippen LogP contribution is 2.43. The van der Waals surface area contributed by atoms with Crippen LogP contribution in [0, 0.1) is 0 Å². The Morgan fingerprint density at radius 2 is 0.767 bits per heavy atom. The summed E-state index contributed by atoms with van der Waals surface area (Å²) in [6.07, 6.45) is -24.7. The third-order valence-electron chi connectivity index (χ3n) is 24.9. The third kappa shape index (κ3) is 34.6. The molecule has 0 saturated carbocycles. The van der Waals surface area contributed by atoms with Crippen LogP contribution in [0.5, 0.6) is 0 Å². The number of aliphatic hydroxyl groups excluding tert-OH is 21. The van der Waals surface area contributed by atoms with E-state index in [-0.39, 0.29) is 6.42 Å². The zero-order valence-electron chi connectivity index (χ0n) is 75.0. The van der Waals surface area contributed by atoms with Gasteiger partial charge in [-0.3, -0.25) is 9.59 Å². The van der Waals surface area contributed by atoms with Gasteiger partial charge in [-0.2, -0.15) is 0 Å². The molecule has 0 aromatic heterocycles. The molecule has 0 aromatic carbocycles. The van der Waals surface area contributed by atoms with E-state index < -0.39 is 290 Å². The molecule has 6 aliphatic heterocycles. The summed E-state index contributed by atoms with van der Waals surface area (Å²) in [6, 6.07) is -3.32. The summed E-state index contributed by atoms with van der Waals surface area (Å²) in [5, 5.41) is 261. The molecule has 25 N–H and O–H groups in total. The summed E-state index contributed by atoms with van der Waals surface area (Å²) < 4.78 is 71.4. The second-order valence-electron chi connectivity index (χ2n) is 35.2. The minimum absolute atomic E-state index is 0.0987. The molecule has 41 nitrogen and oxygen atoms in total. The van der Waals surface area contributed by atoms with E-state index in [0.717, 1.165) is 77.6 Å². The van der Waals surface area contributed by atoms with Gasteiger partial charge in [0.05, 0.1) is 70.6 Å². The highest BCUT2D eigenvalue weighted by Gasteiger charge is 2.64. The number of nitrogens with one attached hydrogen (secondary N) is 2. The Morgan fingerprint density at radius 3 is 1.19 bits per heavy atom. The Hall–Kier alpha value is -3.96. The van der Waals surface area contributed by atoms with Gasteiger partial charge in [0, 0.05) is 26.2 Å².